The quantitative estimate of drug-likeness (QED) is 0.0910. The average Bonchev–Trinajstić information content (AvgIpc) is 3.14. The van der Waals surface area contributed by atoms with Gasteiger partial charge in [-0.05, 0) is 59.2 Å². The van der Waals surface area contributed by atoms with E-state index < -0.39 is 6.29 Å². The SMILES string of the molecule is COc1cc2c(cc1OC)CN(C[C@H]1C[C@@H](c3ccc(CO)cc3)O[C@@H](c3ccc(CNC(=O)CCCCCCC(=O)NO)cc3)O1)CC2. The van der Waals surface area contributed by atoms with Crippen LogP contribution in [-0.2, 0) is 45.2 Å². The highest BCUT2D eigenvalue weighted by Crippen LogP contribution is 2.39. The van der Waals surface area contributed by atoms with Gasteiger partial charge in [-0.15, -0.1) is 0 Å². The molecule has 2 aliphatic rings. The fourth-order valence-corrected chi connectivity index (χ4v) is 6.48. The molecule has 1 saturated heterocycles. The second-order valence-electron chi connectivity index (χ2n) is 12.8. The minimum Gasteiger partial charge on any atom is -0.493 e. The molecule has 5 rings (SSSR count). The van der Waals surface area contributed by atoms with Gasteiger partial charge in [0.25, 0.3) is 0 Å². The van der Waals surface area contributed by atoms with E-state index in [2.05, 4.69) is 22.3 Å². The van der Waals surface area contributed by atoms with Gasteiger partial charge in [0, 0.05) is 51.0 Å². The summed E-state index contributed by atoms with van der Waals surface area (Å²) >= 11 is 0. The number of unbranched alkanes of at least 4 members (excludes halogenated alkanes) is 3. The first kappa shape index (κ1) is 36.3. The number of hydrogen-bond donors (Lipinski definition) is 4. The van der Waals surface area contributed by atoms with E-state index in [0.717, 1.165) is 79.1 Å². The molecule has 3 aromatic rings. The topological polar surface area (TPSA) is 139 Å². The highest BCUT2D eigenvalue weighted by Gasteiger charge is 2.34. The summed E-state index contributed by atoms with van der Waals surface area (Å²) in [5, 5.41) is 21.1. The summed E-state index contributed by atoms with van der Waals surface area (Å²) in [6.45, 7) is 2.88. The molecule has 3 aromatic carbocycles. The molecule has 11 nitrogen and oxygen atoms in total. The first-order valence-electron chi connectivity index (χ1n) is 17.1. The Morgan fingerprint density at radius 2 is 1.47 bits per heavy atom. The van der Waals surface area contributed by atoms with E-state index in [0.29, 0.717) is 25.8 Å². The lowest BCUT2D eigenvalue weighted by molar-refractivity contribution is -0.253. The zero-order valence-corrected chi connectivity index (χ0v) is 28.5. The van der Waals surface area contributed by atoms with E-state index in [1.807, 2.05) is 48.5 Å². The molecule has 11 heteroatoms. The number of hydrogen-bond acceptors (Lipinski definition) is 9. The second kappa shape index (κ2) is 18.1. The first-order valence-corrected chi connectivity index (χ1v) is 17.1. The Labute approximate surface area is 288 Å². The first-order chi connectivity index (χ1) is 23.9. The smallest absolute Gasteiger partial charge is 0.243 e. The molecule has 2 heterocycles. The van der Waals surface area contributed by atoms with E-state index in [4.69, 9.17) is 24.2 Å². The van der Waals surface area contributed by atoms with E-state index in [9.17, 15) is 14.7 Å². The van der Waals surface area contributed by atoms with Crippen LogP contribution in [0.5, 0.6) is 11.5 Å². The van der Waals surface area contributed by atoms with Crippen LogP contribution in [0.25, 0.3) is 0 Å². The Morgan fingerprint density at radius 1 is 0.837 bits per heavy atom. The number of nitrogens with zero attached hydrogens (tertiary/aromatic N) is 1. The molecular weight excluding hydrogens is 626 g/mol. The van der Waals surface area contributed by atoms with Crippen LogP contribution in [0.1, 0.15) is 90.7 Å². The summed E-state index contributed by atoms with van der Waals surface area (Å²) in [6, 6.07) is 20.1. The number of carbonyl (C=O) groups excluding carboxylic acids is 2. The zero-order chi connectivity index (χ0) is 34.6. The van der Waals surface area contributed by atoms with Crippen LogP contribution in [0, 0.1) is 0 Å². The van der Waals surface area contributed by atoms with Crippen molar-refractivity contribution in [1.82, 2.24) is 15.7 Å². The lowest BCUT2D eigenvalue weighted by Gasteiger charge is -2.39. The van der Waals surface area contributed by atoms with Crippen molar-refractivity contribution in [3.8, 4) is 11.5 Å². The third-order valence-electron chi connectivity index (χ3n) is 9.30. The number of nitrogens with one attached hydrogen (secondary N) is 2. The van der Waals surface area contributed by atoms with E-state index in [-0.39, 0.29) is 37.0 Å². The number of ether oxygens (including phenoxy) is 4. The molecule has 0 aromatic heterocycles. The summed E-state index contributed by atoms with van der Waals surface area (Å²) in [5.41, 5.74) is 7.94. The van der Waals surface area contributed by atoms with Gasteiger partial charge in [-0.2, -0.15) is 0 Å². The molecule has 49 heavy (non-hydrogen) atoms. The van der Waals surface area contributed by atoms with Gasteiger partial charge >= 0.3 is 0 Å². The van der Waals surface area contributed by atoms with Crippen LogP contribution in [0.3, 0.4) is 0 Å². The van der Waals surface area contributed by atoms with Crippen molar-refractivity contribution in [2.75, 3.05) is 27.3 Å². The highest BCUT2D eigenvalue weighted by molar-refractivity contribution is 5.75. The summed E-state index contributed by atoms with van der Waals surface area (Å²) in [7, 11) is 3.32. The Bertz CT molecular complexity index is 1510. The van der Waals surface area contributed by atoms with Crippen molar-refractivity contribution in [2.45, 2.75) is 89.6 Å². The van der Waals surface area contributed by atoms with Gasteiger partial charge < -0.3 is 29.4 Å². The molecule has 0 aliphatic carbocycles. The Morgan fingerprint density at radius 3 is 2.12 bits per heavy atom. The Kier molecular flexibility index (Phi) is 13.4. The molecule has 3 atom stereocenters. The maximum Gasteiger partial charge on any atom is 0.243 e. The number of aliphatic hydroxyl groups excluding tert-OH is 1. The maximum atomic E-state index is 12.4. The van der Waals surface area contributed by atoms with Gasteiger partial charge in [0.05, 0.1) is 33.0 Å². The van der Waals surface area contributed by atoms with Gasteiger partial charge in [0.15, 0.2) is 17.8 Å². The van der Waals surface area contributed by atoms with Crippen LogP contribution in [0.15, 0.2) is 60.7 Å². The predicted octanol–water partition coefficient (Wildman–Crippen LogP) is 5.26. The molecule has 264 valence electrons. The Balaban J connectivity index is 1.19. The van der Waals surface area contributed by atoms with Crippen LogP contribution in [-0.4, -0.2) is 60.4 Å². The van der Waals surface area contributed by atoms with Crippen molar-refractivity contribution in [3.63, 3.8) is 0 Å². The third kappa shape index (κ3) is 10.3. The number of fused-ring (bicyclic) bond motifs is 1. The number of carbonyl (C=O) groups is 2. The summed E-state index contributed by atoms with van der Waals surface area (Å²) in [6.07, 6.45) is 4.64. The van der Waals surface area contributed by atoms with E-state index in [1.54, 1.807) is 19.7 Å². The lowest BCUT2D eigenvalue weighted by atomic mass is 9.97. The van der Waals surface area contributed by atoms with Gasteiger partial charge in [0.1, 0.15) is 0 Å². The molecule has 0 unspecified atom stereocenters. The van der Waals surface area contributed by atoms with Gasteiger partial charge in [0.2, 0.25) is 11.8 Å². The molecule has 2 aliphatic heterocycles. The average molecular weight is 676 g/mol. The molecule has 0 bridgehead atoms. The van der Waals surface area contributed by atoms with E-state index >= 15 is 0 Å². The van der Waals surface area contributed by atoms with Gasteiger partial charge in [-0.1, -0.05) is 61.4 Å². The molecule has 2 amide bonds. The Hall–Kier alpha value is -4.00. The minimum atomic E-state index is -0.560. The second-order valence-corrected chi connectivity index (χ2v) is 12.8. The minimum absolute atomic E-state index is 0.00649. The number of rotatable bonds is 16. The number of aliphatic hydroxyl groups is 1. The van der Waals surface area contributed by atoms with Crippen molar-refractivity contribution < 1.29 is 38.9 Å². The zero-order valence-electron chi connectivity index (χ0n) is 28.5. The fraction of sp³-hybridized carbons (Fsp3) is 0.474. The molecule has 0 saturated carbocycles. The van der Waals surface area contributed by atoms with Crippen molar-refractivity contribution in [1.29, 1.82) is 0 Å². The van der Waals surface area contributed by atoms with Crippen LogP contribution in [0.4, 0.5) is 0 Å². The normalized spacial score (nSPS) is 19.1. The van der Waals surface area contributed by atoms with Gasteiger partial charge in [-0.3, -0.25) is 19.7 Å². The summed E-state index contributed by atoms with van der Waals surface area (Å²) < 4.78 is 24.3. The molecule has 4 N–H and O–H groups in total. The number of benzene rings is 3. The third-order valence-corrected chi connectivity index (χ3v) is 9.30. The summed E-state index contributed by atoms with van der Waals surface area (Å²) in [5.74, 6) is 1.10. The monoisotopic (exact) mass is 675 g/mol. The predicted molar refractivity (Wildman–Crippen MR) is 183 cm³/mol. The largest absolute Gasteiger partial charge is 0.493 e. The van der Waals surface area contributed by atoms with Crippen LogP contribution < -0.4 is 20.3 Å². The van der Waals surface area contributed by atoms with Gasteiger partial charge in [-0.25, -0.2) is 5.48 Å². The number of amides is 2. The number of hydroxylamine groups is 1. The molecule has 0 spiro atoms. The standard InChI is InChI=1S/C38H49N3O8/c1-46-34-19-30-17-18-41(23-31(30)20-35(34)47-2)24-32-21-33(28-13-11-27(25-42)12-14-28)49-38(48-32)29-15-9-26(10-16-29)22-39-36(43)7-5-3-4-6-8-37(44)40-45/h9-16,19-20,32-33,38,42,45H,3-8,17-18,21-25H2,1-2H3,(H,39,43)(H,40,44)/t32-,33+,38+/m1/s1. The highest BCUT2D eigenvalue weighted by atomic mass is 16.7. The molecular formula is C38H49N3O8. The lowest BCUT2D eigenvalue weighted by Crippen LogP contribution is -2.41. The number of methoxy groups -OCH3 is 2. The van der Waals surface area contributed by atoms with Crippen molar-refractivity contribution >= 4 is 11.8 Å². The molecule has 1 fully saturated rings. The van der Waals surface area contributed by atoms with Crippen LogP contribution in [0.2, 0.25) is 0 Å². The maximum absolute atomic E-state index is 12.4. The van der Waals surface area contributed by atoms with Crippen LogP contribution >= 0.6 is 0 Å². The van der Waals surface area contributed by atoms with Crippen molar-refractivity contribution in [2.24, 2.45) is 0 Å². The van der Waals surface area contributed by atoms with Crippen molar-refractivity contribution in [3.05, 3.63) is 94.0 Å². The fourth-order valence-electron chi connectivity index (χ4n) is 6.48. The molecule has 0 radical (unpaired) electrons. The van der Waals surface area contributed by atoms with E-state index in [1.165, 1.54) is 11.1 Å². The summed E-state index contributed by atoms with van der Waals surface area (Å²) in [4.78, 5) is 25.9.